The standard InChI is InChI=1S/C25H36BN3O4/c1-16-13-20(16)29(22(30)31-23(2,3)4)15-21-27-14-19(28-21)17-9-11-18(12-10-17)26-32-24(5,6)25(7,8)33-26/h9-12,14,16,20H,13,15H2,1-8H3,(H,27,28). The van der Waals surface area contributed by atoms with Gasteiger partial charge in [-0.2, -0.15) is 0 Å². The number of benzene rings is 1. The molecule has 7 nitrogen and oxygen atoms in total. The van der Waals surface area contributed by atoms with E-state index in [-0.39, 0.29) is 30.5 Å². The zero-order valence-corrected chi connectivity index (χ0v) is 21.1. The first-order chi connectivity index (χ1) is 15.3. The maximum Gasteiger partial charge on any atom is 0.494 e. The number of rotatable bonds is 5. The van der Waals surface area contributed by atoms with Gasteiger partial charge in [-0.1, -0.05) is 31.2 Å². The summed E-state index contributed by atoms with van der Waals surface area (Å²) in [6, 6.07) is 8.32. The molecule has 2 unspecified atom stereocenters. The number of imidazole rings is 1. The SMILES string of the molecule is CC1CC1N(Cc1ncc(-c2ccc(B3OC(C)(C)C(C)(C)O3)cc2)[nH]1)C(=O)OC(C)(C)C. The van der Waals surface area contributed by atoms with Crippen LogP contribution in [0.1, 0.15) is 67.6 Å². The van der Waals surface area contributed by atoms with Crippen molar-refractivity contribution in [2.24, 2.45) is 5.92 Å². The molecule has 8 heteroatoms. The van der Waals surface area contributed by atoms with Gasteiger partial charge in [-0.25, -0.2) is 9.78 Å². The number of aromatic nitrogens is 2. The van der Waals surface area contributed by atoms with Crippen LogP contribution in [-0.2, 0) is 20.6 Å². The van der Waals surface area contributed by atoms with Crippen LogP contribution >= 0.6 is 0 Å². The van der Waals surface area contributed by atoms with Crippen LogP contribution in [0.3, 0.4) is 0 Å². The van der Waals surface area contributed by atoms with E-state index in [1.165, 1.54) is 0 Å². The predicted molar refractivity (Wildman–Crippen MR) is 129 cm³/mol. The van der Waals surface area contributed by atoms with Crippen LogP contribution in [0.2, 0.25) is 0 Å². The van der Waals surface area contributed by atoms with E-state index < -0.39 is 5.60 Å². The van der Waals surface area contributed by atoms with Gasteiger partial charge in [0.05, 0.1) is 29.6 Å². The van der Waals surface area contributed by atoms with E-state index in [1.54, 1.807) is 4.90 Å². The molecule has 1 aliphatic carbocycles. The highest BCUT2D eigenvalue weighted by molar-refractivity contribution is 6.62. The molecule has 33 heavy (non-hydrogen) atoms. The van der Waals surface area contributed by atoms with Gasteiger partial charge < -0.3 is 19.0 Å². The largest absolute Gasteiger partial charge is 0.494 e. The van der Waals surface area contributed by atoms with Crippen molar-refractivity contribution in [2.75, 3.05) is 0 Å². The average molecular weight is 453 g/mol. The summed E-state index contributed by atoms with van der Waals surface area (Å²) >= 11 is 0. The average Bonchev–Trinajstić information content (AvgIpc) is 3.14. The lowest BCUT2D eigenvalue weighted by Crippen LogP contribution is -2.41. The second-order valence-corrected chi connectivity index (χ2v) is 11.3. The van der Waals surface area contributed by atoms with Crippen molar-refractivity contribution in [3.05, 3.63) is 36.3 Å². The normalized spacial score (nSPS) is 23.5. The van der Waals surface area contributed by atoms with Crippen molar-refractivity contribution in [1.29, 1.82) is 0 Å². The molecule has 2 aliphatic rings. The molecule has 0 spiro atoms. The molecule has 2 atom stereocenters. The van der Waals surface area contributed by atoms with Crippen LogP contribution in [0.25, 0.3) is 11.3 Å². The lowest BCUT2D eigenvalue weighted by atomic mass is 9.79. The Kier molecular flexibility index (Phi) is 5.90. The van der Waals surface area contributed by atoms with E-state index in [1.807, 2.05) is 51.2 Å². The molecule has 1 aromatic carbocycles. The number of amides is 1. The first kappa shape index (κ1) is 23.8. The zero-order valence-electron chi connectivity index (χ0n) is 21.1. The van der Waals surface area contributed by atoms with Crippen molar-refractivity contribution in [3.63, 3.8) is 0 Å². The lowest BCUT2D eigenvalue weighted by Gasteiger charge is -2.32. The van der Waals surface area contributed by atoms with Crippen molar-refractivity contribution in [2.45, 2.75) is 91.2 Å². The number of hydrogen-bond donors (Lipinski definition) is 1. The predicted octanol–water partition coefficient (Wildman–Crippen LogP) is 4.52. The molecule has 1 amide bonds. The number of aromatic amines is 1. The summed E-state index contributed by atoms with van der Waals surface area (Å²) in [5.74, 6) is 1.22. The summed E-state index contributed by atoms with van der Waals surface area (Å²) in [4.78, 5) is 22.4. The van der Waals surface area contributed by atoms with Gasteiger partial charge in [0.25, 0.3) is 0 Å². The molecule has 1 saturated carbocycles. The highest BCUT2D eigenvalue weighted by atomic mass is 16.7. The molecule has 178 valence electrons. The quantitative estimate of drug-likeness (QED) is 0.674. The molecule has 0 bridgehead atoms. The van der Waals surface area contributed by atoms with Crippen molar-refractivity contribution >= 4 is 18.7 Å². The summed E-state index contributed by atoms with van der Waals surface area (Å²) in [6.07, 6.45) is 2.51. The molecule has 2 aromatic rings. The molecule has 2 fully saturated rings. The minimum atomic E-state index is -0.527. The number of nitrogens with one attached hydrogen (secondary N) is 1. The summed E-state index contributed by atoms with van der Waals surface area (Å²) < 4.78 is 17.9. The number of ether oxygens (including phenoxy) is 1. The highest BCUT2D eigenvalue weighted by Crippen LogP contribution is 2.37. The van der Waals surface area contributed by atoms with Crippen molar-refractivity contribution in [3.8, 4) is 11.3 Å². The third kappa shape index (κ3) is 5.12. The monoisotopic (exact) mass is 453 g/mol. The molecule has 1 aromatic heterocycles. The van der Waals surface area contributed by atoms with Crippen LogP contribution in [0.15, 0.2) is 30.5 Å². The molecule has 1 aliphatic heterocycles. The minimum Gasteiger partial charge on any atom is -0.444 e. The van der Waals surface area contributed by atoms with E-state index >= 15 is 0 Å². The Hall–Kier alpha value is -2.32. The van der Waals surface area contributed by atoms with E-state index in [4.69, 9.17) is 14.0 Å². The van der Waals surface area contributed by atoms with Crippen LogP contribution < -0.4 is 5.46 Å². The minimum absolute atomic E-state index is 0.201. The molecular formula is C25H36BN3O4. The Labute approximate surface area is 197 Å². The maximum absolute atomic E-state index is 12.8. The first-order valence-corrected chi connectivity index (χ1v) is 11.8. The number of H-pyrrole nitrogens is 1. The van der Waals surface area contributed by atoms with Gasteiger partial charge in [0, 0.05) is 6.04 Å². The van der Waals surface area contributed by atoms with Gasteiger partial charge in [0.2, 0.25) is 0 Å². The highest BCUT2D eigenvalue weighted by Gasteiger charge is 2.51. The van der Waals surface area contributed by atoms with Crippen molar-refractivity contribution in [1.82, 2.24) is 14.9 Å². The van der Waals surface area contributed by atoms with Gasteiger partial charge in [0.15, 0.2) is 0 Å². The molecule has 2 heterocycles. The zero-order chi connectivity index (χ0) is 24.2. The maximum atomic E-state index is 12.8. The fourth-order valence-electron chi connectivity index (χ4n) is 3.92. The fourth-order valence-corrected chi connectivity index (χ4v) is 3.92. The smallest absolute Gasteiger partial charge is 0.444 e. The Morgan fingerprint density at radius 2 is 1.76 bits per heavy atom. The third-order valence-corrected chi connectivity index (χ3v) is 6.79. The second kappa shape index (κ2) is 8.17. The summed E-state index contributed by atoms with van der Waals surface area (Å²) in [6.45, 7) is 16.4. The van der Waals surface area contributed by atoms with E-state index in [9.17, 15) is 4.79 Å². The summed E-state index contributed by atoms with van der Waals surface area (Å²) in [7, 11) is -0.385. The van der Waals surface area contributed by atoms with Crippen LogP contribution in [0, 0.1) is 5.92 Å². The van der Waals surface area contributed by atoms with Gasteiger partial charge in [-0.3, -0.25) is 4.90 Å². The number of hydrogen-bond acceptors (Lipinski definition) is 5. The third-order valence-electron chi connectivity index (χ3n) is 6.79. The van der Waals surface area contributed by atoms with Gasteiger partial charge in [-0.15, -0.1) is 0 Å². The number of carbonyl (C=O) groups excluding carboxylic acids is 1. The van der Waals surface area contributed by atoms with E-state index in [0.717, 1.165) is 29.0 Å². The molecule has 1 saturated heterocycles. The summed E-state index contributed by atoms with van der Waals surface area (Å²) in [5, 5.41) is 0. The van der Waals surface area contributed by atoms with Crippen LogP contribution in [0.4, 0.5) is 4.79 Å². The Bertz CT molecular complexity index is 993. The molecular weight excluding hydrogens is 417 g/mol. The van der Waals surface area contributed by atoms with E-state index in [0.29, 0.717) is 12.5 Å². The molecule has 1 N–H and O–H groups in total. The van der Waals surface area contributed by atoms with Gasteiger partial charge >= 0.3 is 13.2 Å². The van der Waals surface area contributed by atoms with Gasteiger partial charge in [-0.05, 0) is 71.8 Å². The molecule has 0 radical (unpaired) electrons. The Morgan fingerprint density at radius 1 is 1.18 bits per heavy atom. The first-order valence-electron chi connectivity index (χ1n) is 11.8. The van der Waals surface area contributed by atoms with Crippen molar-refractivity contribution < 1.29 is 18.8 Å². The fraction of sp³-hybridized carbons (Fsp3) is 0.600. The lowest BCUT2D eigenvalue weighted by molar-refractivity contribution is 0.00578. The van der Waals surface area contributed by atoms with Crippen LogP contribution in [0.5, 0.6) is 0 Å². The molecule has 4 rings (SSSR count). The Balaban J connectivity index is 1.45. The number of carbonyl (C=O) groups is 1. The Morgan fingerprint density at radius 3 is 2.27 bits per heavy atom. The summed E-state index contributed by atoms with van der Waals surface area (Å²) in [5.41, 5.74) is 1.63. The number of nitrogens with zero attached hydrogens (tertiary/aromatic N) is 2. The second-order valence-electron chi connectivity index (χ2n) is 11.3. The topological polar surface area (TPSA) is 76.7 Å². The van der Waals surface area contributed by atoms with Gasteiger partial charge in [0.1, 0.15) is 11.4 Å². The van der Waals surface area contributed by atoms with Crippen LogP contribution in [-0.4, -0.2) is 50.9 Å². The van der Waals surface area contributed by atoms with E-state index in [2.05, 4.69) is 44.6 Å².